The lowest BCUT2D eigenvalue weighted by Gasteiger charge is -2.21. The Morgan fingerprint density at radius 1 is 0.257 bits per heavy atom. The van der Waals surface area contributed by atoms with Crippen LogP contribution in [0, 0.1) is 0 Å². The molecule has 652 valence electrons. The number of esters is 3. The number of hydrogen-bond acceptors (Lipinski definition) is 14. The van der Waals surface area contributed by atoms with Gasteiger partial charge in [-0.1, -0.05) is 379 Å². The Morgan fingerprint density at radius 2 is 0.469 bits per heavy atom. The number of aliphatic hydroxyl groups excluding tert-OH is 2. The topological polar surface area (TPSA) is 231 Å². The van der Waals surface area contributed by atoms with Crippen LogP contribution in [0.1, 0.15) is 393 Å². The zero-order valence-electron chi connectivity index (χ0n) is 71.8. The van der Waals surface area contributed by atoms with Crippen molar-refractivity contribution in [3.05, 3.63) is 134 Å². The molecule has 0 aromatic rings. The van der Waals surface area contributed by atoms with Crippen molar-refractivity contribution in [2.75, 3.05) is 39.6 Å². The fourth-order valence-corrected chi connectivity index (χ4v) is 14.1. The molecule has 0 amide bonds. The molecule has 0 saturated carbocycles. The standard InChI is InChI=1S/C95H166O16P2/c1-4-7-10-13-16-19-22-24-26-28-30-32-34-36-38-40-42-43-44-45-47-49-50-52-54-56-58-60-62-64-67-69-72-75-78-81-93(98)105-84-90(96)85-107-112(101,102)108-86-91(97)87-109-113(103,104)110-89-92(111-95(100)83-80-77-74-71-66-21-18-15-12-9-6-3)88-106-94(99)82-79-76-73-70-68-65-63-61-59-57-55-53-51-48-46-41-39-37-35-33-31-29-27-25-23-20-17-14-11-8-5-2/h7-8,10-11,15-20,24-27,30-33,36-39,90-92,96-97H,4-6,9,12-14,21-23,28-29,34-35,40-89H2,1-3H3,(H,101,102)(H,103,104)/b10-7-,11-8-,18-15-,19-16-,20-17-,26-24-,27-25-,32-30-,33-31-,38-36-,39-37-. The predicted octanol–water partition coefficient (Wildman–Crippen LogP) is 27.8. The van der Waals surface area contributed by atoms with Crippen molar-refractivity contribution in [1.82, 2.24) is 0 Å². The minimum absolute atomic E-state index is 0.0948. The van der Waals surface area contributed by atoms with Crippen LogP contribution in [0.3, 0.4) is 0 Å². The van der Waals surface area contributed by atoms with Gasteiger partial charge in [0.1, 0.15) is 25.4 Å². The van der Waals surface area contributed by atoms with E-state index in [0.717, 1.165) is 141 Å². The largest absolute Gasteiger partial charge is 0.472 e. The summed E-state index contributed by atoms with van der Waals surface area (Å²) >= 11 is 0. The highest BCUT2D eigenvalue weighted by atomic mass is 31.2. The van der Waals surface area contributed by atoms with Crippen LogP contribution >= 0.6 is 15.6 Å². The van der Waals surface area contributed by atoms with Crippen LogP contribution in [0.4, 0.5) is 0 Å². The van der Waals surface area contributed by atoms with E-state index >= 15 is 0 Å². The Bertz CT molecular complexity index is 2580. The minimum atomic E-state index is -4.93. The molecule has 0 radical (unpaired) electrons. The maximum absolute atomic E-state index is 13.0. The molecule has 0 aliphatic heterocycles. The summed E-state index contributed by atoms with van der Waals surface area (Å²) in [7, 11) is -9.79. The van der Waals surface area contributed by atoms with E-state index in [2.05, 4.69) is 154 Å². The molecule has 0 heterocycles. The van der Waals surface area contributed by atoms with Gasteiger partial charge in [-0.15, -0.1) is 0 Å². The average molecular weight is 1630 g/mol. The number of phosphoric acid groups is 2. The number of phosphoric ester groups is 2. The molecule has 0 aromatic heterocycles. The lowest BCUT2D eigenvalue weighted by atomic mass is 10.0. The van der Waals surface area contributed by atoms with E-state index in [9.17, 15) is 43.5 Å². The number of hydrogen-bond donors (Lipinski definition) is 4. The second-order valence-corrected chi connectivity index (χ2v) is 33.2. The zero-order valence-corrected chi connectivity index (χ0v) is 73.6. The van der Waals surface area contributed by atoms with Crippen molar-refractivity contribution >= 4 is 33.6 Å². The number of unbranched alkanes of at least 4 members (excludes halogenated alkanes) is 41. The molecule has 0 fully saturated rings. The molecule has 0 rings (SSSR count). The molecule has 5 atom stereocenters. The summed E-state index contributed by atoms with van der Waals surface area (Å²) in [6.45, 7) is 2.45. The van der Waals surface area contributed by atoms with Crippen LogP contribution < -0.4 is 0 Å². The Balaban J connectivity index is 4.31. The van der Waals surface area contributed by atoms with Crippen molar-refractivity contribution in [2.24, 2.45) is 0 Å². The van der Waals surface area contributed by atoms with E-state index in [-0.39, 0.29) is 19.3 Å². The highest BCUT2D eigenvalue weighted by Crippen LogP contribution is 2.45. The van der Waals surface area contributed by atoms with E-state index in [1.165, 1.54) is 193 Å². The van der Waals surface area contributed by atoms with E-state index in [0.29, 0.717) is 19.3 Å². The molecule has 16 nitrogen and oxygen atoms in total. The van der Waals surface area contributed by atoms with Crippen LogP contribution in [0.15, 0.2) is 134 Å². The van der Waals surface area contributed by atoms with E-state index < -0.39 is 91.5 Å². The Labute approximate surface area is 690 Å². The molecule has 0 bridgehead atoms. The first-order valence-corrected chi connectivity index (χ1v) is 48.5. The first kappa shape index (κ1) is 109. The van der Waals surface area contributed by atoms with Crippen molar-refractivity contribution in [2.45, 2.75) is 411 Å². The molecular weight excluding hydrogens is 1460 g/mol. The third-order valence-electron chi connectivity index (χ3n) is 19.3. The highest BCUT2D eigenvalue weighted by Gasteiger charge is 2.29. The minimum Gasteiger partial charge on any atom is -0.463 e. The van der Waals surface area contributed by atoms with Gasteiger partial charge in [0.2, 0.25) is 0 Å². The van der Waals surface area contributed by atoms with Crippen LogP contribution in [-0.2, 0) is 55.8 Å². The van der Waals surface area contributed by atoms with Gasteiger partial charge < -0.3 is 34.2 Å². The smallest absolute Gasteiger partial charge is 0.463 e. The highest BCUT2D eigenvalue weighted by molar-refractivity contribution is 7.47. The SMILES string of the molecule is CC/C=C\C/C=C\C/C=C\C/C=C\C/C=C\CCCCCCCCCCCCCCCCCCCCCC(=O)OCC(O)COP(=O)(O)OCC(O)COP(=O)(O)OCC(COC(=O)CCCCCCCCCCCCCCCCC/C=C\C/C=C\C/C=C\C/C=C\C/C=C\CC)OC(=O)CCCCCCC/C=C\CCCC. The Hall–Kier alpha value is -4.31. The van der Waals surface area contributed by atoms with Gasteiger partial charge in [-0.2, -0.15) is 0 Å². The summed E-state index contributed by atoms with van der Waals surface area (Å²) in [4.78, 5) is 58.7. The van der Waals surface area contributed by atoms with Crippen molar-refractivity contribution < 1.29 is 75.8 Å². The number of aliphatic hydroxyl groups is 2. The monoisotopic (exact) mass is 1630 g/mol. The van der Waals surface area contributed by atoms with Crippen molar-refractivity contribution in [1.29, 1.82) is 0 Å². The normalized spacial score (nSPS) is 14.4. The molecule has 0 aliphatic rings. The number of ether oxygens (including phenoxy) is 3. The molecule has 0 spiro atoms. The van der Waals surface area contributed by atoms with Crippen LogP contribution in [-0.4, -0.2) is 95.9 Å². The number of allylic oxidation sites excluding steroid dienone is 22. The van der Waals surface area contributed by atoms with Gasteiger partial charge in [0.15, 0.2) is 6.10 Å². The first-order chi connectivity index (χ1) is 55.2. The average Bonchev–Trinajstić information content (AvgIpc) is 0.901. The van der Waals surface area contributed by atoms with Crippen LogP contribution in [0.5, 0.6) is 0 Å². The summed E-state index contributed by atoms with van der Waals surface area (Å²) in [6, 6.07) is 0. The van der Waals surface area contributed by atoms with Gasteiger partial charge in [-0.3, -0.25) is 32.5 Å². The van der Waals surface area contributed by atoms with Gasteiger partial charge in [0.05, 0.1) is 26.4 Å². The maximum atomic E-state index is 13.0. The van der Waals surface area contributed by atoms with Gasteiger partial charge in [0.25, 0.3) is 0 Å². The van der Waals surface area contributed by atoms with Gasteiger partial charge in [-0.05, 0) is 128 Å². The summed E-state index contributed by atoms with van der Waals surface area (Å²) < 4.78 is 61.3. The summed E-state index contributed by atoms with van der Waals surface area (Å²) in [5.41, 5.74) is 0. The van der Waals surface area contributed by atoms with E-state index in [4.69, 9.17) is 32.3 Å². The fourth-order valence-electron chi connectivity index (χ4n) is 12.5. The fraction of sp³-hybridized carbons (Fsp3) is 0.737. The van der Waals surface area contributed by atoms with Crippen molar-refractivity contribution in [3.63, 3.8) is 0 Å². The third-order valence-corrected chi connectivity index (χ3v) is 21.2. The summed E-state index contributed by atoms with van der Waals surface area (Å²) in [5.74, 6) is -1.57. The third kappa shape index (κ3) is 88.3. The van der Waals surface area contributed by atoms with Gasteiger partial charge in [-0.25, -0.2) is 9.13 Å². The van der Waals surface area contributed by atoms with E-state index in [1.807, 2.05) is 0 Å². The second-order valence-electron chi connectivity index (χ2n) is 30.3. The van der Waals surface area contributed by atoms with Gasteiger partial charge >= 0.3 is 33.6 Å². The summed E-state index contributed by atoms with van der Waals surface area (Å²) in [6.07, 6.45) is 108. The van der Waals surface area contributed by atoms with Crippen LogP contribution in [0.25, 0.3) is 0 Å². The number of carbonyl (C=O) groups is 3. The maximum Gasteiger partial charge on any atom is 0.472 e. The van der Waals surface area contributed by atoms with Crippen molar-refractivity contribution in [3.8, 4) is 0 Å². The predicted molar refractivity (Wildman–Crippen MR) is 473 cm³/mol. The summed E-state index contributed by atoms with van der Waals surface area (Å²) in [5, 5.41) is 20.7. The molecule has 0 saturated heterocycles. The molecule has 4 N–H and O–H groups in total. The Morgan fingerprint density at radius 3 is 0.752 bits per heavy atom. The number of carbonyl (C=O) groups excluding carboxylic acids is 3. The number of rotatable bonds is 86. The lowest BCUT2D eigenvalue weighted by molar-refractivity contribution is -0.161. The molecule has 18 heteroatoms. The second kappa shape index (κ2) is 87.0. The van der Waals surface area contributed by atoms with E-state index in [1.54, 1.807) is 0 Å². The molecular formula is C95H166O16P2. The molecule has 0 aliphatic carbocycles. The van der Waals surface area contributed by atoms with Gasteiger partial charge in [0, 0.05) is 19.3 Å². The molecule has 5 unspecified atom stereocenters. The molecule has 113 heavy (non-hydrogen) atoms. The zero-order chi connectivity index (χ0) is 82.2. The molecule has 0 aromatic carbocycles. The lowest BCUT2D eigenvalue weighted by Crippen LogP contribution is -2.30. The van der Waals surface area contributed by atoms with Crippen LogP contribution in [0.2, 0.25) is 0 Å². The first-order valence-electron chi connectivity index (χ1n) is 45.5. The quantitative estimate of drug-likeness (QED) is 0.0146. The Kier molecular flexibility index (Phi) is 83.7.